The third kappa shape index (κ3) is 5.21. The smallest absolute Gasteiger partial charge is 0.387 e. The molecule has 0 heterocycles. The Morgan fingerprint density at radius 1 is 1.32 bits per heavy atom. The zero-order valence-corrected chi connectivity index (χ0v) is 11.2. The van der Waals surface area contributed by atoms with Crippen LogP contribution in [0.4, 0.5) is 8.78 Å². The van der Waals surface area contributed by atoms with Crippen LogP contribution in [0.15, 0.2) is 24.3 Å². The molecule has 1 unspecified atom stereocenters. The highest BCUT2D eigenvalue weighted by molar-refractivity contribution is 5.77. The largest absolute Gasteiger partial charge is 0.435 e. The Morgan fingerprint density at radius 2 is 1.89 bits per heavy atom. The van der Waals surface area contributed by atoms with Crippen LogP contribution in [0.5, 0.6) is 5.75 Å². The molecular formula is C13H18F2N2O2. The number of benzene rings is 1. The molecule has 0 aromatic heterocycles. The van der Waals surface area contributed by atoms with Gasteiger partial charge in [-0.2, -0.15) is 8.78 Å². The minimum atomic E-state index is -2.82. The molecular weight excluding hydrogens is 254 g/mol. The maximum atomic E-state index is 12.0. The highest BCUT2D eigenvalue weighted by Crippen LogP contribution is 2.18. The lowest BCUT2D eigenvalue weighted by atomic mass is 10.1. The summed E-state index contributed by atoms with van der Waals surface area (Å²) in [5.74, 6) is 0.0971. The molecule has 0 saturated carbocycles. The van der Waals surface area contributed by atoms with E-state index in [1.165, 1.54) is 17.0 Å². The number of carbonyl (C=O) groups excluding carboxylic acids is 1. The van der Waals surface area contributed by atoms with Crippen molar-refractivity contribution in [1.29, 1.82) is 0 Å². The minimum absolute atomic E-state index is 0.0236. The van der Waals surface area contributed by atoms with E-state index in [1.807, 2.05) is 6.92 Å². The number of amides is 1. The van der Waals surface area contributed by atoms with Gasteiger partial charge in [0.25, 0.3) is 0 Å². The highest BCUT2D eigenvalue weighted by atomic mass is 19.3. The summed E-state index contributed by atoms with van der Waals surface area (Å²) in [6.07, 6.45) is 0. The van der Waals surface area contributed by atoms with Gasteiger partial charge in [0.2, 0.25) is 5.91 Å². The fourth-order valence-corrected chi connectivity index (χ4v) is 1.45. The molecule has 19 heavy (non-hydrogen) atoms. The fourth-order valence-electron chi connectivity index (χ4n) is 1.45. The van der Waals surface area contributed by atoms with Gasteiger partial charge in [-0.1, -0.05) is 12.1 Å². The van der Waals surface area contributed by atoms with Crippen LogP contribution < -0.4 is 10.1 Å². The molecule has 1 N–H and O–H groups in total. The summed E-state index contributed by atoms with van der Waals surface area (Å²) in [7, 11) is 3.37. The number of hydrogen-bond donors (Lipinski definition) is 1. The van der Waals surface area contributed by atoms with Crippen LogP contribution in [0, 0.1) is 0 Å². The monoisotopic (exact) mass is 272 g/mol. The first kappa shape index (κ1) is 15.4. The molecule has 106 valence electrons. The van der Waals surface area contributed by atoms with Crippen LogP contribution in [0.3, 0.4) is 0 Å². The van der Waals surface area contributed by atoms with Gasteiger partial charge in [-0.25, -0.2) is 0 Å². The summed E-state index contributed by atoms with van der Waals surface area (Å²) >= 11 is 0. The number of ether oxygens (including phenoxy) is 1. The van der Waals surface area contributed by atoms with Gasteiger partial charge in [-0.05, 0) is 24.6 Å². The van der Waals surface area contributed by atoms with E-state index in [1.54, 1.807) is 26.2 Å². The van der Waals surface area contributed by atoms with Crippen LogP contribution in [0.2, 0.25) is 0 Å². The van der Waals surface area contributed by atoms with Gasteiger partial charge in [0.1, 0.15) is 5.75 Å². The standard InChI is InChI=1S/C13H18F2N2O2/c1-9(16-8-12(18)17(2)3)10-4-6-11(7-5-10)19-13(14)15/h4-7,9,13,16H,8H2,1-3H3. The molecule has 1 atom stereocenters. The zero-order valence-electron chi connectivity index (χ0n) is 11.2. The van der Waals surface area contributed by atoms with Crippen LogP contribution in [-0.4, -0.2) is 38.1 Å². The van der Waals surface area contributed by atoms with Crippen molar-refractivity contribution in [3.63, 3.8) is 0 Å². The van der Waals surface area contributed by atoms with Crippen LogP contribution in [0.25, 0.3) is 0 Å². The van der Waals surface area contributed by atoms with E-state index in [0.717, 1.165) is 5.56 Å². The molecule has 0 saturated heterocycles. The van der Waals surface area contributed by atoms with Gasteiger partial charge >= 0.3 is 6.61 Å². The Kier molecular flexibility index (Phi) is 5.69. The van der Waals surface area contributed by atoms with Crippen molar-refractivity contribution in [3.8, 4) is 5.75 Å². The van der Waals surface area contributed by atoms with E-state index >= 15 is 0 Å². The van der Waals surface area contributed by atoms with E-state index in [9.17, 15) is 13.6 Å². The number of alkyl halides is 2. The molecule has 0 fully saturated rings. The first-order valence-electron chi connectivity index (χ1n) is 5.88. The molecule has 1 aromatic carbocycles. The maximum Gasteiger partial charge on any atom is 0.387 e. The van der Waals surface area contributed by atoms with Crippen molar-refractivity contribution in [1.82, 2.24) is 10.2 Å². The van der Waals surface area contributed by atoms with Crippen molar-refractivity contribution in [3.05, 3.63) is 29.8 Å². The number of hydrogen-bond acceptors (Lipinski definition) is 3. The number of carbonyl (C=O) groups is 1. The molecule has 0 radical (unpaired) electrons. The number of nitrogens with zero attached hydrogens (tertiary/aromatic N) is 1. The molecule has 0 aliphatic rings. The highest BCUT2D eigenvalue weighted by Gasteiger charge is 2.10. The van der Waals surface area contributed by atoms with Crippen molar-refractivity contribution in [2.75, 3.05) is 20.6 Å². The van der Waals surface area contributed by atoms with Gasteiger partial charge in [-0.15, -0.1) is 0 Å². The first-order chi connectivity index (χ1) is 8.90. The zero-order chi connectivity index (χ0) is 14.4. The predicted octanol–water partition coefficient (Wildman–Crippen LogP) is 2.03. The van der Waals surface area contributed by atoms with Crippen molar-refractivity contribution < 1.29 is 18.3 Å². The van der Waals surface area contributed by atoms with E-state index in [4.69, 9.17) is 0 Å². The summed E-state index contributed by atoms with van der Waals surface area (Å²) in [6.45, 7) is -0.700. The second kappa shape index (κ2) is 7.04. The second-order valence-electron chi connectivity index (χ2n) is 4.34. The summed E-state index contributed by atoms with van der Waals surface area (Å²) < 4.78 is 28.2. The van der Waals surface area contributed by atoms with E-state index in [-0.39, 0.29) is 24.2 Å². The summed E-state index contributed by atoms with van der Waals surface area (Å²) in [5.41, 5.74) is 0.896. The predicted molar refractivity (Wildman–Crippen MR) is 68.2 cm³/mol. The molecule has 0 aliphatic heterocycles. The third-order valence-electron chi connectivity index (χ3n) is 2.66. The maximum absolute atomic E-state index is 12.0. The first-order valence-corrected chi connectivity index (χ1v) is 5.88. The van der Waals surface area contributed by atoms with Gasteiger partial charge < -0.3 is 15.0 Å². The quantitative estimate of drug-likeness (QED) is 0.861. The molecule has 0 spiro atoms. The average molecular weight is 272 g/mol. The van der Waals surface area contributed by atoms with Crippen molar-refractivity contribution in [2.45, 2.75) is 19.6 Å². The molecule has 1 amide bonds. The minimum Gasteiger partial charge on any atom is -0.435 e. The molecule has 0 bridgehead atoms. The average Bonchev–Trinajstić information content (AvgIpc) is 2.35. The Morgan fingerprint density at radius 3 is 2.37 bits per heavy atom. The van der Waals surface area contributed by atoms with E-state index in [2.05, 4.69) is 10.1 Å². The Labute approximate surface area is 111 Å². The number of nitrogens with one attached hydrogen (secondary N) is 1. The Bertz CT molecular complexity index is 408. The third-order valence-corrected chi connectivity index (χ3v) is 2.66. The SMILES string of the molecule is CC(NCC(=O)N(C)C)c1ccc(OC(F)F)cc1. The molecule has 6 heteroatoms. The summed E-state index contributed by atoms with van der Waals surface area (Å²) in [4.78, 5) is 12.9. The van der Waals surface area contributed by atoms with Crippen molar-refractivity contribution in [2.24, 2.45) is 0 Å². The molecule has 4 nitrogen and oxygen atoms in total. The lowest BCUT2D eigenvalue weighted by Crippen LogP contribution is -2.34. The number of rotatable bonds is 6. The lowest BCUT2D eigenvalue weighted by Gasteiger charge is -2.16. The number of halogens is 2. The second-order valence-corrected chi connectivity index (χ2v) is 4.34. The van der Waals surface area contributed by atoms with Gasteiger partial charge in [-0.3, -0.25) is 4.79 Å². The fraction of sp³-hybridized carbons (Fsp3) is 0.462. The Hall–Kier alpha value is -1.69. The lowest BCUT2D eigenvalue weighted by molar-refractivity contribution is -0.127. The van der Waals surface area contributed by atoms with Crippen molar-refractivity contribution >= 4 is 5.91 Å². The van der Waals surface area contributed by atoms with Gasteiger partial charge in [0.15, 0.2) is 0 Å². The normalized spacial score (nSPS) is 12.3. The summed E-state index contributed by atoms with van der Waals surface area (Å²) in [6, 6.07) is 6.29. The topological polar surface area (TPSA) is 41.6 Å². The number of likely N-dealkylation sites (N-methyl/N-ethyl adjacent to an activating group) is 1. The van der Waals surface area contributed by atoms with E-state index in [0.29, 0.717) is 0 Å². The molecule has 1 rings (SSSR count). The van der Waals surface area contributed by atoms with Crippen LogP contribution >= 0.6 is 0 Å². The summed E-state index contributed by atoms with van der Waals surface area (Å²) in [5, 5.41) is 3.06. The van der Waals surface area contributed by atoms with E-state index < -0.39 is 6.61 Å². The van der Waals surface area contributed by atoms with Gasteiger partial charge in [0.05, 0.1) is 6.54 Å². The van der Waals surface area contributed by atoms with Gasteiger partial charge in [0, 0.05) is 20.1 Å². The van der Waals surface area contributed by atoms with Crippen LogP contribution in [-0.2, 0) is 4.79 Å². The van der Waals surface area contributed by atoms with Crippen LogP contribution in [0.1, 0.15) is 18.5 Å². The molecule has 1 aromatic rings. The Balaban J connectivity index is 2.53. The molecule has 0 aliphatic carbocycles.